The molecular weight excluding hydrogens is 228 g/mol. The molecule has 2 aromatic heterocycles. The van der Waals surface area contributed by atoms with E-state index in [0.717, 1.165) is 36.8 Å². The van der Waals surface area contributed by atoms with Crippen LogP contribution in [0, 0.1) is 13.8 Å². The van der Waals surface area contributed by atoms with Crippen molar-refractivity contribution < 1.29 is 0 Å². The summed E-state index contributed by atoms with van der Waals surface area (Å²) in [7, 11) is 0. The summed E-state index contributed by atoms with van der Waals surface area (Å²) in [5.74, 6) is 3.26. The molecule has 0 amide bonds. The highest BCUT2D eigenvalue weighted by molar-refractivity contribution is 5.56. The molecule has 0 atom stereocenters. The van der Waals surface area contributed by atoms with Gasteiger partial charge in [-0.25, -0.2) is 15.0 Å². The molecule has 1 aliphatic rings. The molecule has 0 aromatic carbocycles. The van der Waals surface area contributed by atoms with Gasteiger partial charge >= 0.3 is 0 Å². The van der Waals surface area contributed by atoms with Crippen LogP contribution in [0.4, 0.5) is 11.6 Å². The molecule has 2 aromatic rings. The number of hydrogen-bond donors (Lipinski definition) is 1. The SMILES string of the molecule is Cc1nc(N)c(C)c(N2CCn3ccnc3C2)n1. The third-order valence-corrected chi connectivity index (χ3v) is 3.31. The molecule has 0 fully saturated rings. The van der Waals surface area contributed by atoms with E-state index in [1.165, 1.54) is 0 Å². The molecule has 2 N–H and O–H groups in total. The van der Waals surface area contributed by atoms with E-state index in [1.54, 1.807) is 0 Å². The minimum absolute atomic E-state index is 0.561. The monoisotopic (exact) mass is 244 g/mol. The number of imidazole rings is 1. The van der Waals surface area contributed by atoms with E-state index < -0.39 is 0 Å². The molecule has 0 aliphatic carbocycles. The minimum Gasteiger partial charge on any atom is -0.383 e. The lowest BCUT2D eigenvalue weighted by Crippen LogP contribution is -2.35. The largest absolute Gasteiger partial charge is 0.383 e. The average molecular weight is 244 g/mol. The van der Waals surface area contributed by atoms with Crippen LogP contribution in [0.1, 0.15) is 17.2 Å². The van der Waals surface area contributed by atoms with Crippen molar-refractivity contribution in [3.63, 3.8) is 0 Å². The summed E-state index contributed by atoms with van der Waals surface area (Å²) in [6, 6.07) is 0. The Balaban J connectivity index is 1.98. The summed E-state index contributed by atoms with van der Waals surface area (Å²) in [4.78, 5) is 15.3. The molecule has 0 radical (unpaired) electrons. The first-order chi connectivity index (χ1) is 8.65. The van der Waals surface area contributed by atoms with Crippen molar-refractivity contribution in [1.29, 1.82) is 0 Å². The van der Waals surface area contributed by atoms with Crippen LogP contribution >= 0.6 is 0 Å². The average Bonchev–Trinajstić information content (AvgIpc) is 2.80. The molecule has 3 rings (SSSR count). The number of aryl methyl sites for hydroxylation is 1. The van der Waals surface area contributed by atoms with Crippen LogP contribution < -0.4 is 10.6 Å². The third-order valence-electron chi connectivity index (χ3n) is 3.31. The van der Waals surface area contributed by atoms with Gasteiger partial charge in [0.1, 0.15) is 23.3 Å². The number of hydrogen-bond acceptors (Lipinski definition) is 5. The fraction of sp³-hybridized carbons (Fsp3) is 0.417. The second-order valence-corrected chi connectivity index (χ2v) is 4.56. The highest BCUT2D eigenvalue weighted by atomic mass is 15.3. The van der Waals surface area contributed by atoms with Crippen LogP contribution in [0.5, 0.6) is 0 Å². The van der Waals surface area contributed by atoms with Crippen molar-refractivity contribution in [2.75, 3.05) is 17.2 Å². The van der Waals surface area contributed by atoms with Crippen LogP contribution in [0.2, 0.25) is 0 Å². The summed E-state index contributed by atoms with van der Waals surface area (Å²) in [5.41, 5.74) is 6.85. The molecule has 18 heavy (non-hydrogen) atoms. The number of aromatic nitrogens is 4. The molecular formula is C12H16N6. The Morgan fingerprint density at radius 1 is 1.22 bits per heavy atom. The van der Waals surface area contributed by atoms with Gasteiger partial charge in [-0.3, -0.25) is 0 Å². The Labute approximate surface area is 105 Å². The molecule has 6 nitrogen and oxygen atoms in total. The van der Waals surface area contributed by atoms with E-state index in [4.69, 9.17) is 5.73 Å². The van der Waals surface area contributed by atoms with Gasteiger partial charge in [-0.15, -0.1) is 0 Å². The van der Waals surface area contributed by atoms with Crippen molar-refractivity contribution in [3.8, 4) is 0 Å². The van der Waals surface area contributed by atoms with E-state index in [9.17, 15) is 0 Å². The van der Waals surface area contributed by atoms with Gasteiger partial charge in [0.25, 0.3) is 0 Å². The standard InChI is InChI=1S/C12H16N6/c1-8-11(13)15-9(2)16-12(8)18-6-5-17-4-3-14-10(17)7-18/h3-4H,5-7H2,1-2H3,(H2,13,15,16). The second kappa shape index (κ2) is 3.97. The van der Waals surface area contributed by atoms with E-state index in [-0.39, 0.29) is 0 Å². The van der Waals surface area contributed by atoms with Crippen molar-refractivity contribution in [3.05, 3.63) is 29.6 Å². The van der Waals surface area contributed by atoms with Crippen LogP contribution in [0.15, 0.2) is 12.4 Å². The Morgan fingerprint density at radius 2 is 2.06 bits per heavy atom. The van der Waals surface area contributed by atoms with Gasteiger partial charge in [-0.05, 0) is 13.8 Å². The highest BCUT2D eigenvalue weighted by Crippen LogP contribution is 2.24. The maximum atomic E-state index is 5.90. The lowest BCUT2D eigenvalue weighted by atomic mass is 10.2. The molecule has 94 valence electrons. The Hall–Kier alpha value is -2.11. The summed E-state index contributed by atoms with van der Waals surface area (Å²) < 4.78 is 2.17. The topological polar surface area (TPSA) is 72.9 Å². The van der Waals surface area contributed by atoms with E-state index in [2.05, 4.69) is 24.4 Å². The first-order valence-corrected chi connectivity index (χ1v) is 6.01. The van der Waals surface area contributed by atoms with Crippen LogP contribution in [-0.4, -0.2) is 26.1 Å². The number of nitrogens with zero attached hydrogens (tertiary/aromatic N) is 5. The summed E-state index contributed by atoms with van der Waals surface area (Å²) in [5, 5.41) is 0. The smallest absolute Gasteiger partial charge is 0.137 e. The van der Waals surface area contributed by atoms with Gasteiger partial charge in [0.15, 0.2) is 0 Å². The molecule has 0 spiro atoms. The normalized spacial score (nSPS) is 14.7. The quantitative estimate of drug-likeness (QED) is 0.806. The van der Waals surface area contributed by atoms with E-state index in [0.29, 0.717) is 11.6 Å². The van der Waals surface area contributed by atoms with Gasteiger partial charge in [0.2, 0.25) is 0 Å². The number of fused-ring (bicyclic) bond motifs is 1. The summed E-state index contributed by atoms with van der Waals surface area (Å²) >= 11 is 0. The summed E-state index contributed by atoms with van der Waals surface area (Å²) in [6.45, 7) is 6.44. The Kier molecular flexibility index (Phi) is 2.43. The van der Waals surface area contributed by atoms with E-state index >= 15 is 0 Å². The van der Waals surface area contributed by atoms with Gasteiger partial charge in [0, 0.05) is 31.0 Å². The molecule has 6 heteroatoms. The predicted octanol–water partition coefficient (Wildman–Crippen LogP) is 0.892. The Morgan fingerprint density at radius 3 is 2.89 bits per heavy atom. The molecule has 0 saturated heterocycles. The highest BCUT2D eigenvalue weighted by Gasteiger charge is 2.20. The van der Waals surface area contributed by atoms with Gasteiger partial charge in [-0.2, -0.15) is 0 Å². The molecule has 0 bridgehead atoms. The maximum absolute atomic E-state index is 5.90. The zero-order valence-electron chi connectivity index (χ0n) is 10.6. The van der Waals surface area contributed by atoms with Crippen LogP contribution in [-0.2, 0) is 13.1 Å². The van der Waals surface area contributed by atoms with Gasteiger partial charge < -0.3 is 15.2 Å². The number of rotatable bonds is 1. The summed E-state index contributed by atoms with van der Waals surface area (Å²) in [6.07, 6.45) is 3.85. The van der Waals surface area contributed by atoms with Crippen molar-refractivity contribution in [2.45, 2.75) is 26.9 Å². The molecule has 0 unspecified atom stereocenters. The van der Waals surface area contributed by atoms with Crippen LogP contribution in [0.25, 0.3) is 0 Å². The minimum atomic E-state index is 0.561. The predicted molar refractivity (Wildman–Crippen MR) is 69.2 cm³/mol. The number of anilines is 2. The third kappa shape index (κ3) is 1.70. The maximum Gasteiger partial charge on any atom is 0.137 e. The van der Waals surface area contributed by atoms with Crippen LogP contribution in [0.3, 0.4) is 0 Å². The van der Waals surface area contributed by atoms with Gasteiger partial charge in [0.05, 0.1) is 6.54 Å². The zero-order valence-corrected chi connectivity index (χ0v) is 10.6. The first-order valence-electron chi connectivity index (χ1n) is 6.01. The van der Waals surface area contributed by atoms with Crippen molar-refractivity contribution >= 4 is 11.6 Å². The van der Waals surface area contributed by atoms with E-state index in [1.807, 2.05) is 26.2 Å². The molecule has 1 aliphatic heterocycles. The fourth-order valence-corrected chi connectivity index (χ4v) is 2.30. The fourth-order valence-electron chi connectivity index (χ4n) is 2.30. The zero-order chi connectivity index (χ0) is 12.7. The first kappa shape index (κ1) is 11.0. The van der Waals surface area contributed by atoms with Gasteiger partial charge in [-0.1, -0.05) is 0 Å². The molecule has 3 heterocycles. The second-order valence-electron chi connectivity index (χ2n) is 4.56. The lowest BCUT2D eigenvalue weighted by molar-refractivity contribution is 0.554. The molecule has 0 saturated carbocycles. The van der Waals surface area contributed by atoms with Crippen molar-refractivity contribution in [2.24, 2.45) is 0 Å². The lowest BCUT2D eigenvalue weighted by Gasteiger charge is -2.30. The van der Waals surface area contributed by atoms with Crippen molar-refractivity contribution in [1.82, 2.24) is 19.5 Å². The number of nitrogens with two attached hydrogens (primary N) is 1. The Bertz CT molecular complexity index is 588. The number of nitrogen functional groups attached to an aromatic ring is 1.